The maximum Gasteiger partial charge on any atom is 0.274 e. The average molecular weight is 406 g/mol. The van der Waals surface area contributed by atoms with E-state index in [4.69, 9.17) is 9.88 Å². The van der Waals surface area contributed by atoms with Gasteiger partial charge in [0, 0.05) is 31.4 Å². The minimum Gasteiger partial charge on any atom is -0.379 e. The lowest BCUT2D eigenvalue weighted by Crippen LogP contribution is -2.36. The number of rotatable bonds is 5. The van der Waals surface area contributed by atoms with Crippen molar-refractivity contribution in [1.82, 2.24) is 9.21 Å². The van der Waals surface area contributed by atoms with Crippen molar-refractivity contribution in [1.29, 1.82) is 0 Å². The van der Waals surface area contributed by atoms with Crippen LogP contribution in [0.4, 0.5) is 0 Å². The molecule has 1 saturated heterocycles. The highest BCUT2D eigenvalue weighted by atomic mass is 32.3. The molecule has 2 aliphatic rings. The number of primary sulfonamides is 1. The summed E-state index contributed by atoms with van der Waals surface area (Å²) in [5.74, 6) is 0. The van der Waals surface area contributed by atoms with Crippen LogP contribution in [0.25, 0.3) is 6.08 Å². The lowest BCUT2D eigenvalue weighted by atomic mass is 10.3. The summed E-state index contributed by atoms with van der Waals surface area (Å²) in [5.41, 5.74) is 0.350. The molecule has 1 aromatic heterocycles. The first-order valence-corrected chi connectivity index (χ1v) is 11.4. The van der Waals surface area contributed by atoms with Crippen LogP contribution in [-0.2, 0) is 24.8 Å². The van der Waals surface area contributed by atoms with Crippen molar-refractivity contribution in [2.45, 2.75) is 8.42 Å². The first-order chi connectivity index (χ1) is 11.8. The molecule has 0 saturated carbocycles. The fourth-order valence-corrected chi connectivity index (χ4v) is 6.41. The Morgan fingerprint density at radius 3 is 2.60 bits per heavy atom. The van der Waals surface area contributed by atoms with Crippen LogP contribution in [0.1, 0.15) is 5.56 Å². The van der Waals surface area contributed by atoms with E-state index in [-0.39, 0.29) is 15.0 Å². The highest BCUT2D eigenvalue weighted by Gasteiger charge is 2.31. The fourth-order valence-electron chi connectivity index (χ4n) is 2.52. The average Bonchev–Trinajstić information content (AvgIpc) is 3.00. The molecule has 0 unspecified atom stereocenters. The third-order valence-electron chi connectivity index (χ3n) is 3.87. The quantitative estimate of drug-likeness (QED) is 0.704. The number of morpholine rings is 1. The Bertz CT molecular complexity index is 896. The molecule has 138 valence electrons. The summed E-state index contributed by atoms with van der Waals surface area (Å²) in [6, 6.07) is 1.29. The number of ether oxygens (including phenoxy) is 1. The van der Waals surface area contributed by atoms with Crippen LogP contribution in [-0.4, -0.2) is 65.4 Å². The maximum absolute atomic E-state index is 12.6. The topological polar surface area (TPSA) is 110 Å². The molecule has 0 aromatic carbocycles. The highest BCUT2D eigenvalue weighted by Crippen LogP contribution is 2.35. The summed E-state index contributed by atoms with van der Waals surface area (Å²) < 4.78 is 54.4. The molecule has 1 fully saturated rings. The van der Waals surface area contributed by atoms with Gasteiger partial charge in [-0.1, -0.05) is 12.2 Å². The van der Waals surface area contributed by atoms with Gasteiger partial charge in [-0.3, -0.25) is 9.21 Å². The molecule has 1 aromatic rings. The number of hydrogen-bond acceptors (Lipinski definition) is 7. The molecule has 2 aliphatic heterocycles. The van der Waals surface area contributed by atoms with E-state index in [1.165, 1.54) is 16.6 Å². The molecule has 8 nitrogen and oxygen atoms in total. The van der Waals surface area contributed by atoms with Crippen LogP contribution >= 0.6 is 11.3 Å². The van der Waals surface area contributed by atoms with Crippen LogP contribution < -0.4 is 5.14 Å². The normalized spacial score (nSPS) is 20.9. The molecule has 0 radical (unpaired) electrons. The number of hydrogen-bond donors (Lipinski definition) is 1. The van der Waals surface area contributed by atoms with Gasteiger partial charge in [0.15, 0.2) is 0 Å². The van der Waals surface area contributed by atoms with Crippen molar-refractivity contribution in [3.63, 3.8) is 0 Å². The minimum absolute atomic E-state index is 0.000560. The highest BCUT2D eigenvalue weighted by molar-refractivity contribution is 7.94. The zero-order valence-electron chi connectivity index (χ0n) is 13.4. The second kappa shape index (κ2) is 7.17. The molecule has 11 heteroatoms. The minimum atomic E-state index is -3.93. The van der Waals surface area contributed by atoms with E-state index in [0.29, 0.717) is 30.1 Å². The Hall–Kier alpha value is -1.24. The molecule has 0 spiro atoms. The van der Waals surface area contributed by atoms with Gasteiger partial charge in [-0.2, -0.15) is 0 Å². The molecule has 3 heterocycles. The predicted octanol–water partition coefficient (Wildman–Crippen LogP) is 0.259. The lowest BCUT2D eigenvalue weighted by Gasteiger charge is -2.25. The van der Waals surface area contributed by atoms with Gasteiger partial charge in [0.1, 0.15) is 8.42 Å². The van der Waals surface area contributed by atoms with E-state index in [2.05, 4.69) is 4.90 Å². The smallest absolute Gasteiger partial charge is 0.274 e. The van der Waals surface area contributed by atoms with Gasteiger partial charge in [-0.15, -0.1) is 11.3 Å². The Balaban J connectivity index is 1.69. The number of sulfonamides is 2. The zero-order chi connectivity index (χ0) is 18.1. The molecular formula is C14H19N3O5S3. The van der Waals surface area contributed by atoms with Gasteiger partial charge in [-0.05, 0) is 12.1 Å². The predicted molar refractivity (Wildman–Crippen MR) is 95.0 cm³/mol. The summed E-state index contributed by atoms with van der Waals surface area (Å²) in [4.78, 5) is 2.22. The largest absolute Gasteiger partial charge is 0.379 e. The van der Waals surface area contributed by atoms with Crippen LogP contribution in [0.3, 0.4) is 0 Å². The van der Waals surface area contributed by atoms with Crippen LogP contribution in [0.2, 0.25) is 0 Å². The van der Waals surface area contributed by atoms with E-state index >= 15 is 0 Å². The van der Waals surface area contributed by atoms with Gasteiger partial charge < -0.3 is 4.74 Å². The summed E-state index contributed by atoms with van der Waals surface area (Å²) in [6.07, 6.45) is 6.73. The molecule has 0 bridgehead atoms. The SMILES string of the molecule is NS(=O)(=O)c1cc2c(s1)S(=O)(=O)N(CC=CCN1CCOCC1)C=C2. The Morgan fingerprint density at radius 1 is 1.24 bits per heavy atom. The molecule has 2 N–H and O–H groups in total. The second-order valence-electron chi connectivity index (χ2n) is 5.63. The monoisotopic (exact) mass is 405 g/mol. The van der Waals surface area contributed by atoms with E-state index in [1.54, 1.807) is 12.2 Å². The van der Waals surface area contributed by atoms with E-state index in [0.717, 1.165) is 19.6 Å². The molecule has 0 amide bonds. The molecule has 0 atom stereocenters. The van der Waals surface area contributed by atoms with Crippen molar-refractivity contribution in [2.24, 2.45) is 5.14 Å². The van der Waals surface area contributed by atoms with Crippen LogP contribution in [0, 0.1) is 0 Å². The summed E-state index contributed by atoms with van der Waals surface area (Å²) in [6.45, 7) is 4.07. The van der Waals surface area contributed by atoms with Gasteiger partial charge >= 0.3 is 0 Å². The Labute approximate surface area is 151 Å². The third kappa shape index (κ3) is 4.13. The number of nitrogens with two attached hydrogens (primary N) is 1. The van der Waals surface area contributed by atoms with Crippen molar-refractivity contribution in [2.75, 3.05) is 39.4 Å². The first-order valence-electron chi connectivity index (χ1n) is 7.60. The van der Waals surface area contributed by atoms with Gasteiger partial charge in [0.2, 0.25) is 10.0 Å². The van der Waals surface area contributed by atoms with Gasteiger partial charge in [0.25, 0.3) is 10.0 Å². The molecule has 3 rings (SSSR count). The van der Waals surface area contributed by atoms with Gasteiger partial charge in [-0.25, -0.2) is 22.0 Å². The second-order valence-corrected chi connectivity index (χ2v) is 10.6. The summed E-state index contributed by atoms with van der Waals surface area (Å²) in [5, 5.41) is 5.09. The Morgan fingerprint density at radius 2 is 1.92 bits per heavy atom. The van der Waals surface area contributed by atoms with Crippen molar-refractivity contribution >= 4 is 37.5 Å². The number of nitrogens with zero attached hydrogens (tertiary/aromatic N) is 2. The van der Waals surface area contributed by atoms with Crippen LogP contribution in [0.5, 0.6) is 0 Å². The standard InChI is InChI=1S/C14H19N3O5S3/c15-24(18,19)13-11-12-3-6-17(25(20,21)14(12)23-13)5-2-1-4-16-7-9-22-10-8-16/h1-3,6,11H,4-5,7-10H2,(H2,15,18,19). The lowest BCUT2D eigenvalue weighted by molar-refractivity contribution is 0.0434. The van der Waals surface area contributed by atoms with Crippen molar-refractivity contribution < 1.29 is 21.6 Å². The van der Waals surface area contributed by atoms with E-state index in [1.807, 2.05) is 6.08 Å². The van der Waals surface area contributed by atoms with Crippen LogP contribution in [0.15, 0.2) is 32.8 Å². The maximum atomic E-state index is 12.6. The Kier molecular flexibility index (Phi) is 5.32. The van der Waals surface area contributed by atoms with E-state index in [9.17, 15) is 16.8 Å². The van der Waals surface area contributed by atoms with Gasteiger partial charge in [0.05, 0.1) is 19.8 Å². The molecule has 25 heavy (non-hydrogen) atoms. The first kappa shape index (κ1) is 18.5. The number of fused-ring (bicyclic) bond motifs is 1. The fraction of sp³-hybridized carbons (Fsp3) is 0.429. The summed E-state index contributed by atoms with van der Waals surface area (Å²) >= 11 is 0.675. The van der Waals surface area contributed by atoms with Crippen molar-refractivity contribution in [3.8, 4) is 0 Å². The number of thiophene rings is 1. The van der Waals surface area contributed by atoms with Crippen molar-refractivity contribution in [3.05, 3.63) is 30.0 Å². The summed E-state index contributed by atoms with van der Waals surface area (Å²) in [7, 11) is -7.69. The van der Waals surface area contributed by atoms with E-state index < -0.39 is 20.0 Å². The molecule has 0 aliphatic carbocycles. The molecular weight excluding hydrogens is 386 g/mol. The third-order valence-corrected chi connectivity index (χ3v) is 8.71. The zero-order valence-corrected chi connectivity index (χ0v) is 15.8.